The van der Waals surface area contributed by atoms with Crippen LogP contribution in [0.15, 0.2) is 44.3 Å². The number of sulfonamides is 1. The van der Waals surface area contributed by atoms with Crippen LogP contribution in [0.5, 0.6) is 0 Å². The average Bonchev–Trinajstić information content (AvgIpc) is 3.38. The summed E-state index contributed by atoms with van der Waals surface area (Å²) in [6.07, 6.45) is 1.87. The van der Waals surface area contributed by atoms with E-state index in [-0.39, 0.29) is 55.6 Å². The van der Waals surface area contributed by atoms with Crippen LogP contribution in [-0.2, 0) is 21.2 Å². The fraction of sp³-hybridized carbons (Fsp3) is 0.381. The molecule has 0 saturated carbocycles. The van der Waals surface area contributed by atoms with Crippen molar-refractivity contribution in [2.45, 2.75) is 31.6 Å². The van der Waals surface area contributed by atoms with E-state index in [4.69, 9.17) is 8.94 Å². The van der Waals surface area contributed by atoms with Crippen LogP contribution in [0.3, 0.4) is 0 Å². The Morgan fingerprint density at radius 3 is 2.53 bits per heavy atom. The predicted octanol–water partition coefficient (Wildman–Crippen LogP) is 2.55. The summed E-state index contributed by atoms with van der Waals surface area (Å²) in [5, 5.41) is 3.72. The monoisotopic (exact) mass is 462 g/mol. The molecule has 1 aliphatic heterocycles. The number of halogens is 1. The van der Waals surface area contributed by atoms with Gasteiger partial charge in [-0.15, -0.1) is 0 Å². The number of hydrogen-bond donors (Lipinski definition) is 0. The molecule has 0 radical (unpaired) electrons. The molecule has 0 spiro atoms. The van der Waals surface area contributed by atoms with E-state index in [1.807, 2.05) is 0 Å². The number of carbonyl (C=O) groups excluding carboxylic acids is 1. The highest BCUT2D eigenvalue weighted by Gasteiger charge is 2.34. The second-order valence-electron chi connectivity index (χ2n) is 7.54. The van der Waals surface area contributed by atoms with Gasteiger partial charge in [0.1, 0.15) is 16.4 Å². The number of carbonyl (C=O) groups is 1. The molecule has 1 fully saturated rings. The quantitative estimate of drug-likeness (QED) is 0.554. The minimum absolute atomic E-state index is 0.0897. The summed E-state index contributed by atoms with van der Waals surface area (Å²) in [7, 11) is -3.73. The Hall–Kier alpha value is -3.05. The van der Waals surface area contributed by atoms with Crippen molar-refractivity contribution in [1.82, 2.24) is 19.3 Å². The minimum atomic E-state index is -3.73. The smallest absolute Gasteiger partial charge is 0.248 e. The molecule has 0 unspecified atom stereocenters. The Bertz CT molecular complexity index is 1210. The van der Waals surface area contributed by atoms with Crippen LogP contribution in [-0.4, -0.2) is 59.8 Å². The molecule has 0 N–H and O–H groups in total. The molecule has 0 bridgehead atoms. The van der Waals surface area contributed by atoms with Gasteiger partial charge in [0.15, 0.2) is 17.4 Å². The number of rotatable bonds is 6. The van der Waals surface area contributed by atoms with Crippen molar-refractivity contribution in [3.8, 4) is 11.3 Å². The Morgan fingerprint density at radius 1 is 1.16 bits per heavy atom. The number of aryl methyl sites for hydroxylation is 3. The van der Waals surface area contributed by atoms with Crippen LogP contribution in [0.2, 0.25) is 0 Å². The molecule has 4 rings (SSSR count). The van der Waals surface area contributed by atoms with Crippen molar-refractivity contribution in [2.75, 3.05) is 26.2 Å². The van der Waals surface area contributed by atoms with Crippen LogP contribution in [0, 0.1) is 19.7 Å². The molecule has 32 heavy (non-hydrogen) atoms. The van der Waals surface area contributed by atoms with Crippen LogP contribution in [0.25, 0.3) is 11.3 Å². The second kappa shape index (κ2) is 8.83. The molecular formula is C21H23FN4O5S. The standard InChI is InChI=1S/C21H23FN4O5S/c1-14-21(15(2)31-24-14)32(28,29)26-11-9-25(10-12-26)20(27)8-7-19-23-13-18(30-19)16-5-3-4-6-17(16)22/h3-6,13H,7-12H2,1-2H3. The van der Waals surface area contributed by atoms with E-state index in [9.17, 15) is 17.6 Å². The Kier molecular flexibility index (Phi) is 6.11. The zero-order chi connectivity index (χ0) is 22.9. The lowest BCUT2D eigenvalue weighted by Crippen LogP contribution is -2.50. The van der Waals surface area contributed by atoms with E-state index in [2.05, 4.69) is 10.1 Å². The molecule has 9 nitrogen and oxygen atoms in total. The first-order valence-electron chi connectivity index (χ1n) is 10.2. The van der Waals surface area contributed by atoms with Crippen molar-refractivity contribution in [1.29, 1.82) is 0 Å². The molecule has 1 saturated heterocycles. The van der Waals surface area contributed by atoms with E-state index < -0.39 is 15.8 Å². The van der Waals surface area contributed by atoms with E-state index in [0.717, 1.165) is 0 Å². The van der Waals surface area contributed by atoms with Gasteiger partial charge in [-0.25, -0.2) is 17.8 Å². The molecule has 1 aromatic carbocycles. The molecule has 170 valence electrons. The Balaban J connectivity index is 1.32. The zero-order valence-corrected chi connectivity index (χ0v) is 18.6. The Labute approximate surface area is 184 Å². The van der Waals surface area contributed by atoms with Crippen molar-refractivity contribution >= 4 is 15.9 Å². The van der Waals surface area contributed by atoms with Crippen LogP contribution < -0.4 is 0 Å². The molecule has 3 aromatic rings. The van der Waals surface area contributed by atoms with Gasteiger partial charge in [0.25, 0.3) is 0 Å². The highest BCUT2D eigenvalue weighted by molar-refractivity contribution is 7.89. The summed E-state index contributed by atoms with van der Waals surface area (Å²) in [5.74, 6) is 0.377. The first kappa shape index (κ1) is 22.2. The molecule has 2 aromatic heterocycles. The number of hydrogen-bond acceptors (Lipinski definition) is 7. The van der Waals surface area contributed by atoms with E-state index in [1.54, 1.807) is 36.9 Å². The van der Waals surface area contributed by atoms with Gasteiger partial charge in [-0.2, -0.15) is 4.31 Å². The highest BCUT2D eigenvalue weighted by Crippen LogP contribution is 2.25. The number of piperazine rings is 1. The van der Waals surface area contributed by atoms with Crippen LogP contribution in [0.4, 0.5) is 4.39 Å². The minimum Gasteiger partial charge on any atom is -0.441 e. The lowest BCUT2D eigenvalue weighted by Gasteiger charge is -2.33. The van der Waals surface area contributed by atoms with Gasteiger partial charge >= 0.3 is 0 Å². The maximum absolute atomic E-state index is 13.9. The zero-order valence-electron chi connectivity index (χ0n) is 17.7. The van der Waals surface area contributed by atoms with Gasteiger partial charge in [-0.3, -0.25) is 4.79 Å². The fourth-order valence-electron chi connectivity index (χ4n) is 3.73. The van der Waals surface area contributed by atoms with Crippen molar-refractivity contribution in [3.05, 3.63) is 53.6 Å². The summed E-state index contributed by atoms with van der Waals surface area (Å²) in [4.78, 5) is 18.4. The van der Waals surface area contributed by atoms with Gasteiger partial charge < -0.3 is 13.8 Å². The SMILES string of the molecule is Cc1noc(C)c1S(=O)(=O)N1CCN(C(=O)CCc2ncc(-c3ccccc3F)o2)CC1. The molecule has 0 atom stereocenters. The number of oxazole rings is 1. The third-order valence-electron chi connectivity index (χ3n) is 5.40. The van der Waals surface area contributed by atoms with E-state index in [1.165, 1.54) is 16.6 Å². The lowest BCUT2D eigenvalue weighted by molar-refractivity contribution is -0.132. The summed E-state index contributed by atoms with van der Waals surface area (Å²) >= 11 is 0. The first-order chi connectivity index (χ1) is 15.3. The topological polar surface area (TPSA) is 110 Å². The average molecular weight is 463 g/mol. The normalized spacial score (nSPS) is 15.3. The van der Waals surface area contributed by atoms with Crippen LogP contribution in [0.1, 0.15) is 23.8 Å². The number of nitrogens with zero attached hydrogens (tertiary/aromatic N) is 4. The summed E-state index contributed by atoms with van der Waals surface area (Å²) in [6.45, 7) is 4.10. The lowest BCUT2D eigenvalue weighted by atomic mass is 10.2. The highest BCUT2D eigenvalue weighted by atomic mass is 32.2. The molecule has 0 aliphatic carbocycles. The largest absolute Gasteiger partial charge is 0.441 e. The first-order valence-corrected chi connectivity index (χ1v) is 11.6. The Morgan fingerprint density at radius 2 is 1.88 bits per heavy atom. The summed E-state index contributed by atoms with van der Waals surface area (Å²) in [5.41, 5.74) is 0.634. The third-order valence-corrected chi connectivity index (χ3v) is 7.55. The van der Waals surface area contributed by atoms with Gasteiger partial charge in [0, 0.05) is 39.0 Å². The maximum Gasteiger partial charge on any atom is 0.248 e. The van der Waals surface area contributed by atoms with Crippen molar-refractivity contribution in [2.24, 2.45) is 0 Å². The second-order valence-corrected chi connectivity index (χ2v) is 9.41. The van der Waals surface area contributed by atoms with Crippen LogP contribution >= 0.6 is 0 Å². The molecular weight excluding hydrogens is 439 g/mol. The fourth-order valence-corrected chi connectivity index (χ4v) is 5.45. The van der Waals surface area contributed by atoms with Gasteiger partial charge in [-0.1, -0.05) is 17.3 Å². The third kappa shape index (κ3) is 4.30. The summed E-state index contributed by atoms with van der Waals surface area (Å²) in [6, 6.07) is 6.23. The van der Waals surface area contributed by atoms with Gasteiger partial charge in [-0.05, 0) is 26.0 Å². The van der Waals surface area contributed by atoms with E-state index >= 15 is 0 Å². The van der Waals surface area contributed by atoms with Crippen molar-refractivity contribution in [3.63, 3.8) is 0 Å². The molecule has 1 amide bonds. The summed E-state index contributed by atoms with van der Waals surface area (Å²) < 4.78 is 51.6. The van der Waals surface area contributed by atoms with Gasteiger partial charge in [0.2, 0.25) is 15.9 Å². The number of amides is 1. The predicted molar refractivity (Wildman–Crippen MR) is 112 cm³/mol. The number of aromatic nitrogens is 2. The molecule has 11 heteroatoms. The maximum atomic E-state index is 13.9. The van der Waals surface area contributed by atoms with E-state index in [0.29, 0.717) is 22.9 Å². The van der Waals surface area contributed by atoms with Gasteiger partial charge in [0.05, 0.1) is 11.8 Å². The molecule has 3 heterocycles. The number of benzene rings is 1. The molecule has 1 aliphatic rings. The van der Waals surface area contributed by atoms with Crippen molar-refractivity contribution < 1.29 is 26.5 Å².